The van der Waals surface area contributed by atoms with Crippen LogP contribution in [0.2, 0.25) is 0 Å². The van der Waals surface area contributed by atoms with Gasteiger partial charge in [-0.2, -0.15) is 0 Å². The maximum Gasteiger partial charge on any atom is 0.338 e. The summed E-state index contributed by atoms with van der Waals surface area (Å²) in [5, 5.41) is 17.8. The molecule has 3 nitrogen and oxygen atoms in total. The molecule has 0 aromatic heterocycles. The van der Waals surface area contributed by atoms with Gasteiger partial charge >= 0.3 is 5.97 Å². The number of carboxylic acids is 1. The van der Waals surface area contributed by atoms with E-state index in [1.165, 1.54) is 6.07 Å². The zero-order valence-corrected chi connectivity index (χ0v) is 9.32. The van der Waals surface area contributed by atoms with E-state index < -0.39 is 40.3 Å². The van der Waals surface area contributed by atoms with Gasteiger partial charge in [0.1, 0.15) is 0 Å². The summed E-state index contributed by atoms with van der Waals surface area (Å²) in [6.07, 6.45) is 0. The van der Waals surface area contributed by atoms with Crippen LogP contribution in [0.1, 0.15) is 10.4 Å². The molecule has 0 saturated carbocycles. The van der Waals surface area contributed by atoms with Crippen LogP contribution in [-0.2, 0) is 0 Å². The zero-order chi connectivity index (χ0) is 14.2. The summed E-state index contributed by atoms with van der Waals surface area (Å²) in [5.41, 5.74) is -1.66. The van der Waals surface area contributed by atoms with Crippen LogP contribution < -0.4 is 0 Å². The SMILES string of the molecule is O=C(O)c1ccc(-c2cccc(O)c2F)c(F)c1F. The Morgan fingerprint density at radius 1 is 0.895 bits per heavy atom. The molecule has 0 bridgehead atoms. The van der Waals surface area contributed by atoms with Crippen molar-refractivity contribution in [3.05, 3.63) is 53.3 Å². The molecule has 98 valence electrons. The third-order valence-corrected chi connectivity index (χ3v) is 2.58. The Labute approximate surface area is 105 Å². The van der Waals surface area contributed by atoms with E-state index in [0.717, 1.165) is 24.3 Å². The normalized spacial score (nSPS) is 10.5. The fraction of sp³-hybridized carbons (Fsp3) is 0. The largest absolute Gasteiger partial charge is 0.505 e. The van der Waals surface area contributed by atoms with Crippen molar-refractivity contribution in [2.24, 2.45) is 0 Å². The lowest BCUT2D eigenvalue weighted by Gasteiger charge is -2.08. The fourth-order valence-corrected chi connectivity index (χ4v) is 1.65. The molecule has 6 heteroatoms. The predicted octanol–water partition coefficient (Wildman–Crippen LogP) is 3.17. The van der Waals surface area contributed by atoms with Gasteiger partial charge in [0, 0.05) is 11.1 Å². The molecule has 2 N–H and O–H groups in total. The van der Waals surface area contributed by atoms with E-state index in [4.69, 9.17) is 5.11 Å². The summed E-state index contributed by atoms with van der Waals surface area (Å²) in [4.78, 5) is 10.6. The van der Waals surface area contributed by atoms with Gasteiger partial charge in [0.05, 0.1) is 5.56 Å². The van der Waals surface area contributed by atoms with E-state index in [1.54, 1.807) is 0 Å². The average molecular weight is 268 g/mol. The number of benzene rings is 2. The molecule has 0 aliphatic rings. The van der Waals surface area contributed by atoms with Gasteiger partial charge in [-0.05, 0) is 12.1 Å². The molecular weight excluding hydrogens is 261 g/mol. The van der Waals surface area contributed by atoms with E-state index in [2.05, 4.69) is 0 Å². The summed E-state index contributed by atoms with van der Waals surface area (Å²) < 4.78 is 40.8. The first-order valence-corrected chi connectivity index (χ1v) is 5.12. The number of phenols is 1. The van der Waals surface area contributed by atoms with Crippen LogP contribution in [0.5, 0.6) is 5.75 Å². The lowest BCUT2D eigenvalue weighted by Crippen LogP contribution is -2.04. The molecular formula is C13H7F3O3. The first-order valence-electron chi connectivity index (χ1n) is 5.12. The number of aromatic carboxylic acids is 1. The summed E-state index contributed by atoms with van der Waals surface area (Å²) in [6.45, 7) is 0. The minimum atomic E-state index is -1.63. The van der Waals surface area contributed by atoms with Crippen molar-refractivity contribution >= 4 is 5.97 Å². The number of phenolic OH excluding ortho intramolecular Hbond substituents is 1. The highest BCUT2D eigenvalue weighted by atomic mass is 19.2. The third kappa shape index (κ3) is 2.12. The second-order valence-electron chi connectivity index (χ2n) is 3.73. The quantitative estimate of drug-likeness (QED) is 0.879. The second-order valence-corrected chi connectivity index (χ2v) is 3.73. The number of carboxylic acid groups (broad SMARTS) is 1. The van der Waals surface area contributed by atoms with Gasteiger partial charge < -0.3 is 10.2 Å². The monoisotopic (exact) mass is 268 g/mol. The van der Waals surface area contributed by atoms with Gasteiger partial charge in [-0.1, -0.05) is 18.2 Å². The first kappa shape index (κ1) is 12.9. The molecule has 0 heterocycles. The molecule has 0 fully saturated rings. The minimum Gasteiger partial charge on any atom is -0.505 e. The van der Waals surface area contributed by atoms with E-state index in [0.29, 0.717) is 0 Å². The lowest BCUT2D eigenvalue weighted by molar-refractivity contribution is 0.0690. The molecule has 19 heavy (non-hydrogen) atoms. The van der Waals surface area contributed by atoms with Crippen LogP contribution in [0, 0.1) is 17.5 Å². The first-order chi connectivity index (χ1) is 8.93. The molecule has 0 unspecified atom stereocenters. The Balaban J connectivity index is 2.68. The number of halogens is 3. The van der Waals surface area contributed by atoms with Crippen molar-refractivity contribution < 1.29 is 28.2 Å². The molecule has 0 saturated heterocycles. The highest BCUT2D eigenvalue weighted by Gasteiger charge is 2.21. The molecule has 0 radical (unpaired) electrons. The molecule has 2 rings (SSSR count). The summed E-state index contributed by atoms with van der Waals surface area (Å²) in [6, 6.07) is 5.24. The predicted molar refractivity (Wildman–Crippen MR) is 60.4 cm³/mol. The van der Waals surface area contributed by atoms with Crippen molar-refractivity contribution in [2.75, 3.05) is 0 Å². The molecule has 2 aromatic rings. The van der Waals surface area contributed by atoms with Crippen molar-refractivity contribution in [3.63, 3.8) is 0 Å². The van der Waals surface area contributed by atoms with E-state index in [9.17, 15) is 23.1 Å². The minimum absolute atomic E-state index is 0.353. The van der Waals surface area contributed by atoms with E-state index in [1.807, 2.05) is 0 Å². The Hall–Kier alpha value is -2.50. The number of hydrogen-bond donors (Lipinski definition) is 2. The standard InChI is InChI=1S/C13H7F3O3/c14-10-6(2-1-3-9(10)17)7-4-5-8(13(18)19)12(16)11(7)15/h1-5,17H,(H,18,19). The number of carbonyl (C=O) groups is 1. The van der Waals surface area contributed by atoms with Crippen LogP contribution in [-0.4, -0.2) is 16.2 Å². The molecule has 0 amide bonds. The van der Waals surface area contributed by atoms with E-state index >= 15 is 0 Å². The Bertz CT molecular complexity index is 668. The zero-order valence-electron chi connectivity index (χ0n) is 9.32. The molecule has 0 aliphatic carbocycles. The van der Waals surface area contributed by atoms with Crippen LogP contribution in [0.25, 0.3) is 11.1 Å². The smallest absolute Gasteiger partial charge is 0.338 e. The van der Waals surface area contributed by atoms with Gasteiger partial charge in [0.15, 0.2) is 23.2 Å². The second kappa shape index (κ2) is 4.64. The van der Waals surface area contributed by atoms with Crippen molar-refractivity contribution in [2.45, 2.75) is 0 Å². The third-order valence-electron chi connectivity index (χ3n) is 2.58. The van der Waals surface area contributed by atoms with E-state index in [-0.39, 0.29) is 5.56 Å². The highest BCUT2D eigenvalue weighted by Crippen LogP contribution is 2.31. The van der Waals surface area contributed by atoms with Gasteiger partial charge in [-0.3, -0.25) is 0 Å². The van der Waals surface area contributed by atoms with Crippen LogP contribution >= 0.6 is 0 Å². The average Bonchev–Trinajstić information content (AvgIpc) is 2.36. The number of aromatic hydroxyl groups is 1. The number of hydrogen-bond acceptors (Lipinski definition) is 2. The van der Waals surface area contributed by atoms with Crippen LogP contribution in [0.4, 0.5) is 13.2 Å². The summed E-state index contributed by atoms with van der Waals surface area (Å²) >= 11 is 0. The van der Waals surface area contributed by atoms with Gasteiger partial charge in [0.25, 0.3) is 0 Å². The molecule has 0 spiro atoms. The maximum absolute atomic E-state index is 13.7. The molecule has 0 aliphatic heterocycles. The van der Waals surface area contributed by atoms with Gasteiger partial charge in [-0.15, -0.1) is 0 Å². The Kier molecular flexibility index (Phi) is 3.16. The van der Waals surface area contributed by atoms with Gasteiger partial charge in [0.2, 0.25) is 0 Å². The van der Waals surface area contributed by atoms with Crippen molar-refractivity contribution in [1.82, 2.24) is 0 Å². The summed E-state index contributed by atoms with van der Waals surface area (Å²) in [7, 11) is 0. The van der Waals surface area contributed by atoms with Gasteiger partial charge in [-0.25, -0.2) is 18.0 Å². The van der Waals surface area contributed by atoms with Crippen molar-refractivity contribution in [1.29, 1.82) is 0 Å². The Morgan fingerprint density at radius 3 is 2.16 bits per heavy atom. The highest BCUT2D eigenvalue weighted by molar-refractivity contribution is 5.89. The topological polar surface area (TPSA) is 57.5 Å². The lowest BCUT2D eigenvalue weighted by atomic mass is 10.0. The van der Waals surface area contributed by atoms with Crippen molar-refractivity contribution in [3.8, 4) is 16.9 Å². The molecule has 0 atom stereocenters. The van der Waals surface area contributed by atoms with Crippen LogP contribution in [0.3, 0.4) is 0 Å². The van der Waals surface area contributed by atoms with Crippen LogP contribution in [0.15, 0.2) is 30.3 Å². The number of rotatable bonds is 2. The maximum atomic E-state index is 13.7. The Morgan fingerprint density at radius 2 is 1.53 bits per heavy atom. The molecule has 2 aromatic carbocycles. The summed E-state index contributed by atoms with van der Waals surface area (Å²) in [5.74, 6) is -6.50. The fourth-order valence-electron chi connectivity index (χ4n) is 1.65.